The zero-order chi connectivity index (χ0) is 12.8. The van der Waals surface area contributed by atoms with Gasteiger partial charge in [-0.2, -0.15) is 0 Å². The summed E-state index contributed by atoms with van der Waals surface area (Å²) in [5.74, 6) is 0. The number of aryl methyl sites for hydroxylation is 5. The van der Waals surface area contributed by atoms with Gasteiger partial charge in [-0.15, -0.1) is 0 Å². The van der Waals surface area contributed by atoms with Gasteiger partial charge in [0.15, 0.2) is 0 Å². The Morgan fingerprint density at radius 1 is 0.529 bits per heavy atom. The normalized spacial score (nSPS) is 9.47. The number of benzene rings is 2. The molecule has 2 aromatic carbocycles. The first-order chi connectivity index (χ1) is 7.99. The third-order valence-corrected chi connectivity index (χ3v) is 2.79. The Labute approximate surface area is 105 Å². The van der Waals surface area contributed by atoms with E-state index in [0.29, 0.717) is 0 Å². The minimum Gasteiger partial charge on any atom is -0.0620 e. The summed E-state index contributed by atoms with van der Waals surface area (Å²) in [7, 11) is 0. The second-order valence-electron chi connectivity index (χ2n) is 4.75. The lowest BCUT2D eigenvalue weighted by Crippen LogP contribution is -1.78. The summed E-state index contributed by atoms with van der Waals surface area (Å²) in [5, 5.41) is 0. The fourth-order valence-corrected chi connectivity index (χ4v) is 1.87. The summed E-state index contributed by atoms with van der Waals surface area (Å²) in [6, 6.07) is 14.9. The molecule has 0 heterocycles. The molecule has 0 N–H and O–H groups in total. The van der Waals surface area contributed by atoms with Gasteiger partial charge in [-0.05, 0) is 45.7 Å². The molecule has 0 spiro atoms. The van der Waals surface area contributed by atoms with Crippen LogP contribution in [0, 0.1) is 34.6 Å². The average molecular weight is 226 g/mol. The Bertz CT molecular complexity index is 410. The highest BCUT2D eigenvalue weighted by Crippen LogP contribution is 2.06. The smallest absolute Gasteiger partial charge is 0.0395 e. The van der Waals surface area contributed by atoms with Crippen LogP contribution in [0.15, 0.2) is 42.5 Å². The van der Waals surface area contributed by atoms with Crippen molar-refractivity contribution in [2.24, 2.45) is 0 Å². The monoisotopic (exact) mass is 226 g/mol. The van der Waals surface area contributed by atoms with Crippen molar-refractivity contribution in [1.82, 2.24) is 0 Å². The maximum Gasteiger partial charge on any atom is -0.0395 e. The predicted molar refractivity (Wildman–Crippen MR) is 76.6 cm³/mol. The van der Waals surface area contributed by atoms with Crippen molar-refractivity contribution in [2.45, 2.75) is 34.6 Å². The fraction of sp³-hybridized carbons (Fsp3) is 0.294. The molecule has 2 aromatic rings. The van der Waals surface area contributed by atoms with Crippen LogP contribution in [0.2, 0.25) is 0 Å². The summed E-state index contributed by atoms with van der Waals surface area (Å²) >= 11 is 0. The standard InChI is InChI=1S/C9H12.C8H10/c1-7-4-8(2)6-9(3)5-7;1-7-5-3-4-6-8(7)2/h4-6H,1-3H3;3-6H,1-2H3. The van der Waals surface area contributed by atoms with Crippen LogP contribution in [0.3, 0.4) is 0 Å². The summed E-state index contributed by atoms with van der Waals surface area (Å²) in [5.41, 5.74) is 6.80. The zero-order valence-corrected chi connectivity index (χ0v) is 11.5. The molecule has 90 valence electrons. The molecule has 0 amide bonds. The molecule has 0 bridgehead atoms. The van der Waals surface area contributed by atoms with Gasteiger partial charge in [-0.1, -0.05) is 59.2 Å². The molecule has 0 unspecified atom stereocenters. The van der Waals surface area contributed by atoms with E-state index in [1.807, 2.05) is 0 Å². The Morgan fingerprint density at radius 2 is 0.824 bits per heavy atom. The van der Waals surface area contributed by atoms with Gasteiger partial charge >= 0.3 is 0 Å². The highest BCUT2D eigenvalue weighted by Gasteiger charge is 1.87. The van der Waals surface area contributed by atoms with Crippen molar-refractivity contribution in [2.75, 3.05) is 0 Å². The Kier molecular flexibility index (Phi) is 4.96. The van der Waals surface area contributed by atoms with Crippen LogP contribution < -0.4 is 0 Å². The van der Waals surface area contributed by atoms with Crippen LogP contribution in [0.4, 0.5) is 0 Å². The third kappa shape index (κ3) is 4.86. The SMILES string of the molecule is Cc1cc(C)cc(C)c1.Cc1ccccc1C. The molecular formula is C17H22. The van der Waals surface area contributed by atoms with E-state index in [1.54, 1.807) is 0 Å². The molecule has 0 aliphatic heterocycles. The van der Waals surface area contributed by atoms with Crippen LogP contribution in [0.5, 0.6) is 0 Å². The molecule has 0 saturated heterocycles. The molecule has 0 radical (unpaired) electrons. The zero-order valence-electron chi connectivity index (χ0n) is 11.5. The van der Waals surface area contributed by atoms with E-state index in [4.69, 9.17) is 0 Å². The first-order valence-electron chi connectivity index (χ1n) is 6.06. The first-order valence-corrected chi connectivity index (χ1v) is 6.06. The molecule has 2 rings (SSSR count). The molecule has 0 saturated carbocycles. The molecule has 0 aliphatic carbocycles. The third-order valence-electron chi connectivity index (χ3n) is 2.79. The lowest BCUT2D eigenvalue weighted by Gasteiger charge is -1.96. The van der Waals surface area contributed by atoms with Gasteiger partial charge in [0.1, 0.15) is 0 Å². The summed E-state index contributed by atoms with van der Waals surface area (Å²) < 4.78 is 0. The minimum atomic E-state index is 1.35. The lowest BCUT2D eigenvalue weighted by atomic mass is 10.1. The number of hydrogen-bond acceptors (Lipinski definition) is 0. The Balaban J connectivity index is 0.000000171. The van der Waals surface area contributed by atoms with E-state index in [-0.39, 0.29) is 0 Å². The molecule has 0 heteroatoms. The van der Waals surface area contributed by atoms with Crippen molar-refractivity contribution >= 4 is 0 Å². The molecule has 0 aromatic heterocycles. The number of rotatable bonds is 0. The highest BCUT2D eigenvalue weighted by molar-refractivity contribution is 5.27. The largest absolute Gasteiger partial charge is 0.0620 e. The number of hydrogen-bond donors (Lipinski definition) is 0. The molecule has 0 aliphatic rings. The summed E-state index contributed by atoms with van der Waals surface area (Å²) in [6.45, 7) is 10.6. The predicted octanol–water partition coefficient (Wildman–Crippen LogP) is 4.92. The van der Waals surface area contributed by atoms with Gasteiger partial charge in [0, 0.05) is 0 Å². The van der Waals surface area contributed by atoms with Crippen LogP contribution >= 0.6 is 0 Å². The van der Waals surface area contributed by atoms with E-state index >= 15 is 0 Å². The lowest BCUT2D eigenvalue weighted by molar-refractivity contribution is 1.32. The van der Waals surface area contributed by atoms with E-state index in [2.05, 4.69) is 77.1 Å². The van der Waals surface area contributed by atoms with Crippen molar-refractivity contribution < 1.29 is 0 Å². The van der Waals surface area contributed by atoms with Crippen molar-refractivity contribution in [3.05, 3.63) is 70.3 Å². The molecule has 17 heavy (non-hydrogen) atoms. The maximum absolute atomic E-state index is 2.19. The van der Waals surface area contributed by atoms with Gasteiger partial charge in [-0.25, -0.2) is 0 Å². The minimum absolute atomic E-state index is 1.35. The van der Waals surface area contributed by atoms with Gasteiger partial charge in [-0.3, -0.25) is 0 Å². The van der Waals surface area contributed by atoms with Crippen molar-refractivity contribution in [1.29, 1.82) is 0 Å². The highest BCUT2D eigenvalue weighted by atomic mass is 13.9. The van der Waals surface area contributed by atoms with Crippen LogP contribution in [0.25, 0.3) is 0 Å². The Hall–Kier alpha value is -1.56. The van der Waals surface area contributed by atoms with Crippen molar-refractivity contribution in [3.63, 3.8) is 0 Å². The second kappa shape index (κ2) is 6.24. The quantitative estimate of drug-likeness (QED) is 0.598. The van der Waals surface area contributed by atoms with Gasteiger partial charge in [0.25, 0.3) is 0 Å². The van der Waals surface area contributed by atoms with Gasteiger partial charge < -0.3 is 0 Å². The topological polar surface area (TPSA) is 0 Å². The second-order valence-corrected chi connectivity index (χ2v) is 4.75. The van der Waals surface area contributed by atoms with E-state index in [0.717, 1.165) is 0 Å². The van der Waals surface area contributed by atoms with E-state index in [9.17, 15) is 0 Å². The molecule has 0 fully saturated rings. The van der Waals surface area contributed by atoms with Gasteiger partial charge in [0.2, 0.25) is 0 Å². The average Bonchev–Trinajstić information content (AvgIpc) is 2.21. The first kappa shape index (κ1) is 13.5. The Morgan fingerprint density at radius 3 is 1.06 bits per heavy atom. The maximum atomic E-state index is 2.19. The van der Waals surface area contributed by atoms with E-state index in [1.165, 1.54) is 27.8 Å². The molecule has 0 nitrogen and oxygen atoms in total. The summed E-state index contributed by atoms with van der Waals surface area (Å²) in [4.78, 5) is 0. The van der Waals surface area contributed by atoms with Gasteiger partial charge in [0.05, 0.1) is 0 Å². The van der Waals surface area contributed by atoms with Crippen LogP contribution in [-0.4, -0.2) is 0 Å². The fourth-order valence-electron chi connectivity index (χ4n) is 1.87. The van der Waals surface area contributed by atoms with Crippen LogP contribution in [0.1, 0.15) is 27.8 Å². The summed E-state index contributed by atoms with van der Waals surface area (Å²) in [6.07, 6.45) is 0. The molecule has 0 atom stereocenters. The van der Waals surface area contributed by atoms with Crippen LogP contribution in [-0.2, 0) is 0 Å². The molecular weight excluding hydrogens is 204 g/mol. The van der Waals surface area contributed by atoms with E-state index < -0.39 is 0 Å². The van der Waals surface area contributed by atoms with Crippen molar-refractivity contribution in [3.8, 4) is 0 Å².